The molecule has 0 spiro atoms. The van der Waals surface area contributed by atoms with Crippen molar-refractivity contribution in [2.45, 2.75) is 19.5 Å². The van der Waals surface area contributed by atoms with Gasteiger partial charge in [0, 0.05) is 31.1 Å². The number of ether oxygens (including phenoxy) is 1. The molecule has 18 heavy (non-hydrogen) atoms. The summed E-state index contributed by atoms with van der Waals surface area (Å²) in [6.45, 7) is 2.38. The van der Waals surface area contributed by atoms with Gasteiger partial charge in [0.2, 0.25) is 0 Å². The van der Waals surface area contributed by atoms with Gasteiger partial charge in [0.1, 0.15) is 0 Å². The predicted molar refractivity (Wildman–Crippen MR) is 66.7 cm³/mol. The molecule has 6 heteroatoms. The van der Waals surface area contributed by atoms with Gasteiger partial charge in [-0.2, -0.15) is 0 Å². The molecule has 0 amide bonds. The van der Waals surface area contributed by atoms with Gasteiger partial charge < -0.3 is 10.5 Å². The molecule has 0 atom stereocenters. The number of nitrogens with zero attached hydrogens (tertiary/aromatic N) is 4. The average Bonchev–Trinajstić information content (AvgIpc) is 2.87. The zero-order valence-corrected chi connectivity index (χ0v) is 10.2. The molecule has 2 N–H and O–H groups in total. The Balaban J connectivity index is 1.61. The summed E-state index contributed by atoms with van der Waals surface area (Å²) in [5, 5.41) is 7.84. The zero-order chi connectivity index (χ0) is 12.6. The maximum absolute atomic E-state index is 5.52. The lowest BCUT2D eigenvalue weighted by Crippen LogP contribution is -2.09. The molecular weight excluding hydrogens is 230 g/mol. The molecule has 2 aromatic heterocycles. The minimum atomic E-state index is 0.417. The van der Waals surface area contributed by atoms with Crippen LogP contribution in [0.1, 0.15) is 11.4 Å². The van der Waals surface area contributed by atoms with Gasteiger partial charge in [0.15, 0.2) is 0 Å². The normalized spacial score (nSPS) is 10.7. The molecule has 96 valence electrons. The van der Waals surface area contributed by atoms with E-state index >= 15 is 0 Å². The van der Waals surface area contributed by atoms with E-state index < -0.39 is 0 Å². The van der Waals surface area contributed by atoms with E-state index in [1.807, 2.05) is 24.4 Å². The van der Waals surface area contributed by atoms with E-state index in [-0.39, 0.29) is 0 Å². The fourth-order valence-corrected chi connectivity index (χ4v) is 1.52. The molecule has 0 unspecified atom stereocenters. The molecule has 0 aromatic carbocycles. The Morgan fingerprint density at radius 1 is 1.22 bits per heavy atom. The van der Waals surface area contributed by atoms with E-state index in [0.717, 1.165) is 17.8 Å². The van der Waals surface area contributed by atoms with Gasteiger partial charge in [-0.1, -0.05) is 11.3 Å². The number of rotatable bonds is 7. The van der Waals surface area contributed by atoms with Gasteiger partial charge >= 0.3 is 0 Å². The van der Waals surface area contributed by atoms with E-state index in [4.69, 9.17) is 10.5 Å². The van der Waals surface area contributed by atoms with E-state index in [1.165, 1.54) is 0 Å². The highest BCUT2D eigenvalue weighted by Gasteiger charge is 1.98. The Labute approximate surface area is 106 Å². The lowest BCUT2D eigenvalue weighted by atomic mass is 10.3. The van der Waals surface area contributed by atoms with E-state index in [0.29, 0.717) is 26.3 Å². The SMILES string of the molecule is NCc1cn(CCOCCc2ccccn2)nn1. The second-order valence-corrected chi connectivity index (χ2v) is 3.86. The molecular formula is C12H17N5O. The van der Waals surface area contributed by atoms with Crippen molar-refractivity contribution in [3.8, 4) is 0 Å². The molecule has 2 aromatic rings. The molecule has 0 saturated heterocycles. The number of pyridine rings is 1. The Morgan fingerprint density at radius 2 is 2.17 bits per heavy atom. The van der Waals surface area contributed by atoms with Gasteiger partial charge in [0.25, 0.3) is 0 Å². The highest BCUT2D eigenvalue weighted by atomic mass is 16.5. The maximum Gasteiger partial charge on any atom is 0.0962 e. The van der Waals surface area contributed by atoms with Crippen LogP contribution in [0.15, 0.2) is 30.6 Å². The van der Waals surface area contributed by atoms with Gasteiger partial charge in [0.05, 0.1) is 25.5 Å². The van der Waals surface area contributed by atoms with Crippen molar-refractivity contribution in [2.75, 3.05) is 13.2 Å². The van der Waals surface area contributed by atoms with Crippen LogP contribution in [0.3, 0.4) is 0 Å². The number of aromatic nitrogens is 4. The van der Waals surface area contributed by atoms with Gasteiger partial charge in [-0.3, -0.25) is 4.98 Å². The third-order valence-corrected chi connectivity index (χ3v) is 2.49. The molecule has 0 bridgehead atoms. The van der Waals surface area contributed by atoms with Crippen molar-refractivity contribution in [1.29, 1.82) is 0 Å². The van der Waals surface area contributed by atoms with E-state index in [2.05, 4.69) is 15.3 Å². The van der Waals surface area contributed by atoms with Gasteiger partial charge in [-0.15, -0.1) is 5.10 Å². The summed E-state index contributed by atoms with van der Waals surface area (Å²) in [4.78, 5) is 4.23. The number of hydrogen-bond acceptors (Lipinski definition) is 5. The lowest BCUT2D eigenvalue weighted by Gasteiger charge is -2.03. The third-order valence-electron chi connectivity index (χ3n) is 2.49. The zero-order valence-electron chi connectivity index (χ0n) is 10.2. The van der Waals surface area contributed by atoms with Gasteiger partial charge in [-0.25, -0.2) is 4.68 Å². The second-order valence-electron chi connectivity index (χ2n) is 3.86. The van der Waals surface area contributed by atoms with E-state index in [1.54, 1.807) is 10.9 Å². The molecule has 2 rings (SSSR count). The maximum atomic E-state index is 5.52. The van der Waals surface area contributed by atoms with Crippen LogP contribution in [0.5, 0.6) is 0 Å². The van der Waals surface area contributed by atoms with Crippen molar-refractivity contribution in [3.63, 3.8) is 0 Å². The van der Waals surface area contributed by atoms with Crippen LogP contribution in [0.25, 0.3) is 0 Å². The van der Waals surface area contributed by atoms with Crippen molar-refractivity contribution >= 4 is 0 Å². The van der Waals surface area contributed by atoms with Crippen LogP contribution < -0.4 is 5.73 Å². The lowest BCUT2D eigenvalue weighted by molar-refractivity contribution is 0.125. The summed E-state index contributed by atoms with van der Waals surface area (Å²) in [7, 11) is 0. The Hall–Kier alpha value is -1.79. The van der Waals surface area contributed by atoms with Crippen LogP contribution >= 0.6 is 0 Å². The fraction of sp³-hybridized carbons (Fsp3) is 0.417. The fourth-order valence-electron chi connectivity index (χ4n) is 1.52. The van der Waals surface area contributed by atoms with Crippen molar-refractivity contribution < 1.29 is 4.74 Å². The third kappa shape index (κ3) is 3.90. The Kier molecular flexibility index (Phi) is 4.80. The smallest absolute Gasteiger partial charge is 0.0962 e. The van der Waals surface area contributed by atoms with Crippen LogP contribution in [-0.2, 0) is 24.2 Å². The molecule has 0 aliphatic carbocycles. The first-order chi connectivity index (χ1) is 8.88. The first-order valence-electron chi connectivity index (χ1n) is 5.95. The van der Waals surface area contributed by atoms with E-state index in [9.17, 15) is 0 Å². The van der Waals surface area contributed by atoms with Crippen molar-refractivity contribution in [3.05, 3.63) is 42.0 Å². The van der Waals surface area contributed by atoms with Crippen LogP contribution in [0, 0.1) is 0 Å². The predicted octanol–water partition coefficient (Wildman–Crippen LogP) is 0.391. The minimum absolute atomic E-state index is 0.417. The van der Waals surface area contributed by atoms with Crippen LogP contribution in [-0.4, -0.2) is 33.2 Å². The monoisotopic (exact) mass is 247 g/mol. The van der Waals surface area contributed by atoms with Crippen molar-refractivity contribution in [2.24, 2.45) is 5.73 Å². The summed E-state index contributed by atoms with van der Waals surface area (Å²) < 4.78 is 7.26. The largest absolute Gasteiger partial charge is 0.379 e. The molecule has 0 aliphatic heterocycles. The Morgan fingerprint density at radius 3 is 2.89 bits per heavy atom. The molecule has 6 nitrogen and oxygen atoms in total. The first-order valence-corrected chi connectivity index (χ1v) is 5.95. The minimum Gasteiger partial charge on any atom is -0.379 e. The quantitative estimate of drug-likeness (QED) is 0.716. The van der Waals surface area contributed by atoms with Crippen LogP contribution in [0.4, 0.5) is 0 Å². The Bertz CT molecular complexity index is 457. The molecule has 2 heterocycles. The van der Waals surface area contributed by atoms with Crippen molar-refractivity contribution in [1.82, 2.24) is 20.0 Å². The van der Waals surface area contributed by atoms with Crippen LogP contribution in [0.2, 0.25) is 0 Å². The number of hydrogen-bond donors (Lipinski definition) is 1. The summed E-state index contributed by atoms with van der Waals surface area (Å²) >= 11 is 0. The molecule has 0 saturated carbocycles. The van der Waals surface area contributed by atoms with Gasteiger partial charge in [-0.05, 0) is 12.1 Å². The number of nitrogens with two attached hydrogens (primary N) is 1. The standard InChI is InChI=1S/C12H17N5O/c13-9-12-10-17(16-15-12)6-8-18-7-4-11-3-1-2-5-14-11/h1-3,5,10H,4,6-9,13H2. The summed E-state index contributed by atoms with van der Waals surface area (Å²) in [5.41, 5.74) is 7.29. The highest BCUT2D eigenvalue weighted by molar-refractivity contribution is 5.03. The molecule has 0 radical (unpaired) electrons. The summed E-state index contributed by atoms with van der Waals surface area (Å²) in [6.07, 6.45) is 4.45. The summed E-state index contributed by atoms with van der Waals surface area (Å²) in [5.74, 6) is 0. The second kappa shape index (κ2) is 6.83. The molecule has 0 fully saturated rings. The average molecular weight is 247 g/mol. The highest BCUT2D eigenvalue weighted by Crippen LogP contribution is 1.96. The summed E-state index contributed by atoms with van der Waals surface area (Å²) in [6, 6.07) is 5.88. The topological polar surface area (TPSA) is 78.9 Å². The first kappa shape index (κ1) is 12.7. The molecule has 0 aliphatic rings.